The van der Waals surface area contributed by atoms with Gasteiger partial charge in [0, 0.05) is 18.3 Å². The Hall–Kier alpha value is -2.36. The number of para-hydroxylation sites is 1. The van der Waals surface area contributed by atoms with E-state index in [1.807, 2.05) is 24.3 Å². The summed E-state index contributed by atoms with van der Waals surface area (Å²) in [7, 11) is 0. The smallest absolute Gasteiger partial charge is 0.261 e. The van der Waals surface area contributed by atoms with Crippen LogP contribution in [0, 0.1) is 5.82 Å². The first-order valence-electron chi connectivity index (χ1n) is 6.55. The molecule has 4 heteroatoms. The number of hydrogen-bond donors (Lipinski definition) is 1. The highest BCUT2D eigenvalue weighted by atomic mass is 19.1. The molecule has 2 aromatic carbocycles. The van der Waals surface area contributed by atoms with E-state index in [1.165, 1.54) is 12.1 Å². The molecule has 0 saturated carbocycles. The van der Waals surface area contributed by atoms with E-state index >= 15 is 0 Å². The molecule has 0 saturated heterocycles. The van der Waals surface area contributed by atoms with Crippen LogP contribution in [0.2, 0.25) is 0 Å². The average molecular weight is 271 g/mol. The van der Waals surface area contributed by atoms with Gasteiger partial charge in [-0.3, -0.25) is 4.79 Å². The van der Waals surface area contributed by atoms with Crippen LogP contribution < -0.4 is 4.90 Å². The molecule has 20 heavy (non-hydrogen) atoms. The van der Waals surface area contributed by atoms with E-state index in [1.54, 1.807) is 4.90 Å². The number of aromatic hydroxyl groups is 1. The summed E-state index contributed by atoms with van der Waals surface area (Å²) in [6.45, 7) is 0.580. The number of anilines is 1. The average Bonchev–Trinajstić information content (AvgIpc) is 2.46. The van der Waals surface area contributed by atoms with Crippen LogP contribution in [0.25, 0.3) is 0 Å². The summed E-state index contributed by atoms with van der Waals surface area (Å²) in [5, 5.41) is 9.22. The molecule has 1 N–H and O–H groups in total. The number of hydrogen-bond acceptors (Lipinski definition) is 2. The van der Waals surface area contributed by atoms with Gasteiger partial charge in [0.1, 0.15) is 11.6 Å². The highest BCUT2D eigenvalue weighted by Gasteiger charge is 2.25. The molecule has 0 aromatic heterocycles. The van der Waals surface area contributed by atoms with Crippen molar-refractivity contribution < 1.29 is 14.3 Å². The Labute approximate surface area is 116 Å². The van der Waals surface area contributed by atoms with Gasteiger partial charge in [0.05, 0.1) is 5.56 Å². The van der Waals surface area contributed by atoms with Crippen molar-refractivity contribution in [2.45, 2.75) is 12.8 Å². The number of fused-ring (bicyclic) bond motifs is 1. The number of halogens is 1. The van der Waals surface area contributed by atoms with Gasteiger partial charge in [0.15, 0.2) is 0 Å². The van der Waals surface area contributed by atoms with Crippen molar-refractivity contribution in [1.29, 1.82) is 0 Å². The topological polar surface area (TPSA) is 40.5 Å². The second-order valence-electron chi connectivity index (χ2n) is 4.85. The highest BCUT2D eigenvalue weighted by molar-refractivity contribution is 6.07. The lowest BCUT2D eigenvalue weighted by Crippen LogP contribution is -2.35. The van der Waals surface area contributed by atoms with Crippen LogP contribution in [0.1, 0.15) is 22.3 Å². The normalized spacial score (nSPS) is 13.9. The molecule has 3 rings (SSSR count). The van der Waals surface area contributed by atoms with Gasteiger partial charge in [-0.05, 0) is 36.6 Å². The third-order valence-corrected chi connectivity index (χ3v) is 3.54. The van der Waals surface area contributed by atoms with Crippen LogP contribution in [0.15, 0.2) is 42.5 Å². The van der Waals surface area contributed by atoms with Crippen molar-refractivity contribution >= 4 is 11.6 Å². The van der Waals surface area contributed by atoms with Crippen LogP contribution in [-0.2, 0) is 6.42 Å². The second kappa shape index (κ2) is 4.96. The molecule has 1 heterocycles. The van der Waals surface area contributed by atoms with Gasteiger partial charge in [-0.15, -0.1) is 0 Å². The van der Waals surface area contributed by atoms with E-state index in [0.29, 0.717) is 6.54 Å². The van der Waals surface area contributed by atoms with Gasteiger partial charge in [0.25, 0.3) is 5.91 Å². The molecule has 1 aliphatic rings. The van der Waals surface area contributed by atoms with Crippen molar-refractivity contribution in [3.05, 3.63) is 59.4 Å². The Kier molecular flexibility index (Phi) is 3.14. The molecular formula is C16H14FNO2. The number of aryl methyl sites for hydroxylation is 1. The van der Waals surface area contributed by atoms with Gasteiger partial charge >= 0.3 is 0 Å². The summed E-state index contributed by atoms with van der Waals surface area (Å²) < 4.78 is 13.8. The van der Waals surface area contributed by atoms with E-state index in [-0.39, 0.29) is 17.2 Å². The van der Waals surface area contributed by atoms with Crippen molar-refractivity contribution in [3.8, 4) is 5.75 Å². The third kappa shape index (κ3) is 2.13. The summed E-state index contributed by atoms with van der Waals surface area (Å²) in [4.78, 5) is 14.1. The minimum atomic E-state index is -0.696. The minimum absolute atomic E-state index is 0.0143. The van der Waals surface area contributed by atoms with Crippen LogP contribution in [0.3, 0.4) is 0 Å². The first-order valence-corrected chi connectivity index (χ1v) is 6.55. The maximum absolute atomic E-state index is 13.8. The molecule has 3 nitrogen and oxygen atoms in total. The maximum atomic E-state index is 13.8. The number of nitrogens with zero attached hydrogens (tertiary/aromatic N) is 1. The Balaban J connectivity index is 2.00. The number of phenolic OH excluding ortho intramolecular Hbond substituents is 1. The van der Waals surface area contributed by atoms with Crippen LogP contribution in [0.5, 0.6) is 5.75 Å². The van der Waals surface area contributed by atoms with E-state index in [9.17, 15) is 14.3 Å². The molecule has 0 unspecified atom stereocenters. The van der Waals surface area contributed by atoms with Crippen LogP contribution in [0.4, 0.5) is 10.1 Å². The quantitative estimate of drug-likeness (QED) is 0.865. The molecule has 0 fully saturated rings. The fourth-order valence-corrected chi connectivity index (χ4v) is 2.57. The maximum Gasteiger partial charge on any atom is 0.261 e. The van der Waals surface area contributed by atoms with Crippen LogP contribution >= 0.6 is 0 Å². The number of benzene rings is 2. The molecule has 2 aromatic rings. The van der Waals surface area contributed by atoms with E-state index in [4.69, 9.17) is 0 Å². The number of carbonyl (C=O) groups is 1. The summed E-state index contributed by atoms with van der Waals surface area (Å²) >= 11 is 0. The van der Waals surface area contributed by atoms with Gasteiger partial charge in [-0.25, -0.2) is 4.39 Å². The van der Waals surface area contributed by atoms with E-state index in [2.05, 4.69) is 0 Å². The number of carbonyl (C=O) groups excluding carboxylic acids is 1. The zero-order valence-electron chi connectivity index (χ0n) is 10.8. The fourth-order valence-electron chi connectivity index (χ4n) is 2.57. The third-order valence-electron chi connectivity index (χ3n) is 3.54. The lowest BCUT2D eigenvalue weighted by molar-refractivity contribution is 0.0981. The highest BCUT2D eigenvalue weighted by Crippen LogP contribution is 2.29. The Morgan fingerprint density at radius 1 is 1.20 bits per heavy atom. The molecule has 0 radical (unpaired) electrons. The molecular weight excluding hydrogens is 257 g/mol. The number of rotatable bonds is 1. The standard InChI is InChI=1S/C16H14FNO2/c17-14-10-12(19)7-8-13(14)16(20)18-9-3-5-11-4-1-2-6-15(11)18/h1-2,4,6-8,10,19H,3,5,9H2. The summed E-state index contributed by atoms with van der Waals surface area (Å²) in [6.07, 6.45) is 1.79. The van der Waals surface area contributed by atoms with Crippen molar-refractivity contribution in [2.24, 2.45) is 0 Å². The molecule has 1 amide bonds. The molecule has 0 atom stereocenters. The first-order chi connectivity index (χ1) is 9.66. The summed E-state index contributed by atoms with van der Waals surface area (Å²) in [5.41, 5.74) is 1.93. The monoisotopic (exact) mass is 271 g/mol. The zero-order chi connectivity index (χ0) is 14.1. The Bertz CT molecular complexity index is 669. The van der Waals surface area contributed by atoms with Gasteiger partial charge in [-0.1, -0.05) is 18.2 Å². The molecule has 0 bridgehead atoms. The molecule has 102 valence electrons. The number of amides is 1. The van der Waals surface area contributed by atoms with Crippen LogP contribution in [-0.4, -0.2) is 17.6 Å². The predicted octanol–water partition coefficient (Wildman–Crippen LogP) is 3.12. The fraction of sp³-hybridized carbons (Fsp3) is 0.188. The summed E-state index contributed by atoms with van der Waals surface area (Å²) in [6, 6.07) is 11.3. The molecule has 0 spiro atoms. The number of phenols is 1. The van der Waals surface area contributed by atoms with Gasteiger partial charge in [-0.2, -0.15) is 0 Å². The Morgan fingerprint density at radius 2 is 2.00 bits per heavy atom. The largest absolute Gasteiger partial charge is 0.508 e. The van der Waals surface area contributed by atoms with Crippen molar-refractivity contribution in [3.63, 3.8) is 0 Å². The van der Waals surface area contributed by atoms with Gasteiger partial charge < -0.3 is 10.0 Å². The van der Waals surface area contributed by atoms with Crippen molar-refractivity contribution in [2.75, 3.05) is 11.4 Å². The minimum Gasteiger partial charge on any atom is -0.508 e. The van der Waals surface area contributed by atoms with E-state index in [0.717, 1.165) is 30.2 Å². The van der Waals surface area contributed by atoms with Crippen molar-refractivity contribution in [1.82, 2.24) is 0 Å². The van der Waals surface area contributed by atoms with E-state index < -0.39 is 5.82 Å². The Morgan fingerprint density at radius 3 is 2.80 bits per heavy atom. The predicted molar refractivity (Wildman–Crippen MR) is 74.5 cm³/mol. The second-order valence-corrected chi connectivity index (χ2v) is 4.85. The van der Waals surface area contributed by atoms with Gasteiger partial charge in [0.2, 0.25) is 0 Å². The lowest BCUT2D eigenvalue weighted by Gasteiger charge is -2.29. The first kappa shape index (κ1) is 12.7. The molecule has 0 aliphatic carbocycles. The summed E-state index contributed by atoms with van der Waals surface area (Å²) in [5.74, 6) is -1.24. The lowest BCUT2D eigenvalue weighted by atomic mass is 10.0. The molecule has 1 aliphatic heterocycles. The SMILES string of the molecule is O=C(c1ccc(O)cc1F)N1CCCc2ccccc21. The zero-order valence-corrected chi connectivity index (χ0v) is 10.8.